The second-order valence-electron chi connectivity index (χ2n) is 5.00. The molecule has 1 aromatic heterocycles. The van der Waals surface area contributed by atoms with E-state index in [2.05, 4.69) is 11.6 Å². The summed E-state index contributed by atoms with van der Waals surface area (Å²) in [6, 6.07) is 0. The Morgan fingerprint density at radius 3 is 2.74 bits per heavy atom. The molecule has 1 N–H and O–H groups in total. The average Bonchev–Trinajstić information content (AvgIpc) is 2.42. The summed E-state index contributed by atoms with van der Waals surface area (Å²) in [5, 5.41) is 0. The van der Waals surface area contributed by atoms with E-state index in [1.807, 2.05) is 0 Å². The number of hydrogen-bond acceptors (Lipinski definition) is 3. The van der Waals surface area contributed by atoms with E-state index in [9.17, 15) is 9.59 Å². The molecule has 0 amide bonds. The first kappa shape index (κ1) is 13.8. The van der Waals surface area contributed by atoms with Gasteiger partial charge in [0.1, 0.15) is 0 Å². The summed E-state index contributed by atoms with van der Waals surface area (Å²) in [5.74, 6) is 0. The van der Waals surface area contributed by atoms with E-state index in [1.54, 1.807) is 13.0 Å². The zero-order chi connectivity index (χ0) is 13.8. The van der Waals surface area contributed by atoms with Crippen molar-refractivity contribution in [3.63, 3.8) is 0 Å². The van der Waals surface area contributed by atoms with E-state index in [-0.39, 0.29) is 11.7 Å². The van der Waals surface area contributed by atoms with Gasteiger partial charge in [-0.05, 0) is 25.8 Å². The van der Waals surface area contributed by atoms with Gasteiger partial charge in [-0.25, -0.2) is 4.79 Å². The summed E-state index contributed by atoms with van der Waals surface area (Å²) in [4.78, 5) is 25.5. The molecule has 0 aliphatic heterocycles. The first-order valence-electron chi connectivity index (χ1n) is 6.72. The highest BCUT2D eigenvalue weighted by molar-refractivity contribution is 5.02. The summed E-state index contributed by atoms with van der Waals surface area (Å²) < 4.78 is 7.31. The van der Waals surface area contributed by atoms with Crippen LogP contribution in [0.25, 0.3) is 0 Å². The number of aromatic amines is 1. The van der Waals surface area contributed by atoms with Crippen molar-refractivity contribution in [2.45, 2.75) is 51.4 Å². The van der Waals surface area contributed by atoms with Crippen LogP contribution in [0, 0.1) is 6.92 Å². The molecule has 104 valence electrons. The molecule has 1 saturated carbocycles. The Hall–Kier alpha value is -1.62. The van der Waals surface area contributed by atoms with Gasteiger partial charge in [-0.3, -0.25) is 14.3 Å². The molecule has 1 aromatic rings. The molecule has 1 heterocycles. The Kier molecular flexibility index (Phi) is 4.37. The van der Waals surface area contributed by atoms with Crippen molar-refractivity contribution in [2.75, 3.05) is 0 Å². The lowest BCUT2D eigenvalue weighted by molar-refractivity contribution is -0.0438. The van der Waals surface area contributed by atoms with Crippen molar-refractivity contribution in [1.82, 2.24) is 9.55 Å². The van der Waals surface area contributed by atoms with E-state index in [0.717, 1.165) is 25.7 Å². The molecule has 1 unspecified atom stereocenters. The van der Waals surface area contributed by atoms with Crippen molar-refractivity contribution >= 4 is 0 Å². The van der Waals surface area contributed by atoms with Gasteiger partial charge >= 0.3 is 5.69 Å². The van der Waals surface area contributed by atoms with Gasteiger partial charge in [-0.1, -0.05) is 25.8 Å². The van der Waals surface area contributed by atoms with Crippen LogP contribution in [0.2, 0.25) is 0 Å². The van der Waals surface area contributed by atoms with E-state index in [1.165, 1.54) is 17.2 Å². The molecule has 1 aliphatic carbocycles. The molecule has 0 saturated heterocycles. The maximum atomic E-state index is 11.8. The van der Waals surface area contributed by atoms with Gasteiger partial charge < -0.3 is 4.74 Å². The van der Waals surface area contributed by atoms with Crippen LogP contribution in [0.1, 0.15) is 43.9 Å². The summed E-state index contributed by atoms with van der Waals surface area (Å²) >= 11 is 0. The zero-order valence-electron chi connectivity index (χ0n) is 11.2. The summed E-state index contributed by atoms with van der Waals surface area (Å²) in [6.07, 6.45) is 8.35. The van der Waals surface area contributed by atoms with Crippen LogP contribution in [0.5, 0.6) is 0 Å². The lowest BCUT2D eigenvalue weighted by Crippen LogP contribution is -2.35. The molecule has 19 heavy (non-hydrogen) atoms. The smallest absolute Gasteiger partial charge is 0.330 e. The third-order valence-corrected chi connectivity index (χ3v) is 3.51. The predicted octanol–water partition coefficient (Wildman–Crippen LogP) is 1.88. The normalized spacial score (nSPS) is 18.2. The fraction of sp³-hybridized carbons (Fsp3) is 0.571. The molecule has 5 nitrogen and oxygen atoms in total. The van der Waals surface area contributed by atoms with Crippen LogP contribution < -0.4 is 11.2 Å². The molecular weight excluding hydrogens is 244 g/mol. The summed E-state index contributed by atoms with van der Waals surface area (Å²) in [5.41, 5.74) is -0.336. The number of aryl methyl sites for hydroxylation is 1. The van der Waals surface area contributed by atoms with Gasteiger partial charge in [0, 0.05) is 11.8 Å². The average molecular weight is 264 g/mol. The van der Waals surface area contributed by atoms with E-state index in [0.29, 0.717) is 5.56 Å². The fourth-order valence-corrected chi connectivity index (χ4v) is 2.41. The van der Waals surface area contributed by atoms with E-state index in [4.69, 9.17) is 4.74 Å². The maximum Gasteiger partial charge on any atom is 0.330 e. The third-order valence-electron chi connectivity index (χ3n) is 3.51. The largest absolute Gasteiger partial charge is 0.351 e. The number of hydrogen-bond donors (Lipinski definition) is 1. The number of rotatable bonds is 4. The standard InChI is InChI=1S/C14H20N2O3/c1-3-12(19-11-7-5-4-6-8-11)16-9-10(2)13(17)15-14(16)18/h3,9,11-12H,1,4-8H2,2H3,(H,15,17,18). The monoisotopic (exact) mass is 264 g/mol. The molecule has 0 bridgehead atoms. The number of H-pyrrole nitrogens is 1. The van der Waals surface area contributed by atoms with Gasteiger partial charge in [-0.2, -0.15) is 0 Å². The van der Waals surface area contributed by atoms with Crippen molar-refractivity contribution in [3.05, 3.63) is 45.3 Å². The number of nitrogens with one attached hydrogen (secondary N) is 1. The van der Waals surface area contributed by atoms with Gasteiger partial charge in [-0.15, -0.1) is 0 Å². The van der Waals surface area contributed by atoms with Gasteiger partial charge in [0.05, 0.1) is 6.10 Å². The van der Waals surface area contributed by atoms with Crippen LogP contribution in [0.4, 0.5) is 0 Å². The van der Waals surface area contributed by atoms with Gasteiger partial charge in [0.25, 0.3) is 5.56 Å². The number of nitrogens with zero attached hydrogens (tertiary/aromatic N) is 1. The van der Waals surface area contributed by atoms with Crippen molar-refractivity contribution in [1.29, 1.82) is 0 Å². The molecule has 0 radical (unpaired) electrons. The first-order valence-corrected chi connectivity index (χ1v) is 6.72. The van der Waals surface area contributed by atoms with E-state index >= 15 is 0 Å². The second-order valence-corrected chi connectivity index (χ2v) is 5.00. The quantitative estimate of drug-likeness (QED) is 0.844. The SMILES string of the molecule is C=CC(OC1CCCCC1)n1cc(C)c(=O)[nH]c1=O. The van der Waals surface area contributed by atoms with Crippen LogP contribution >= 0.6 is 0 Å². The number of aromatic nitrogens is 2. The minimum absolute atomic E-state index is 0.163. The van der Waals surface area contributed by atoms with Crippen molar-refractivity contribution in [3.8, 4) is 0 Å². The Morgan fingerprint density at radius 1 is 1.42 bits per heavy atom. The number of ether oxygens (including phenoxy) is 1. The lowest BCUT2D eigenvalue weighted by atomic mass is 9.98. The molecule has 0 spiro atoms. The van der Waals surface area contributed by atoms with Crippen LogP contribution in [-0.2, 0) is 4.74 Å². The van der Waals surface area contributed by atoms with Crippen LogP contribution in [0.3, 0.4) is 0 Å². The minimum Gasteiger partial charge on any atom is -0.351 e. The van der Waals surface area contributed by atoms with Crippen LogP contribution in [0.15, 0.2) is 28.4 Å². The predicted molar refractivity (Wildman–Crippen MR) is 73.3 cm³/mol. The minimum atomic E-state index is -0.522. The molecule has 2 rings (SSSR count). The van der Waals surface area contributed by atoms with Crippen molar-refractivity contribution < 1.29 is 4.74 Å². The summed E-state index contributed by atoms with van der Waals surface area (Å²) in [6.45, 7) is 5.38. The third kappa shape index (κ3) is 3.23. The Labute approximate surface area is 111 Å². The maximum absolute atomic E-state index is 11.8. The highest BCUT2D eigenvalue weighted by Crippen LogP contribution is 2.24. The molecule has 1 atom stereocenters. The van der Waals surface area contributed by atoms with Crippen molar-refractivity contribution in [2.24, 2.45) is 0 Å². The lowest BCUT2D eigenvalue weighted by Gasteiger charge is -2.26. The first-order chi connectivity index (χ1) is 9.11. The van der Waals surface area contributed by atoms with E-state index < -0.39 is 11.9 Å². The molecule has 0 aromatic carbocycles. The Morgan fingerprint density at radius 2 is 2.11 bits per heavy atom. The molecular formula is C14H20N2O3. The Bertz CT molecular complexity index is 553. The highest BCUT2D eigenvalue weighted by Gasteiger charge is 2.19. The zero-order valence-corrected chi connectivity index (χ0v) is 11.2. The second kappa shape index (κ2) is 6.02. The van der Waals surface area contributed by atoms with Gasteiger partial charge in [0.15, 0.2) is 6.23 Å². The van der Waals surface area contributed by atoms with Gasteiger partial charge in [0.2, 0.25) is 0 Å². The Balaban J connectivity index is 2.21. The molecule has 1 fully saturated rings. The topological polar surface area (TPSA) is 64.1 Å². The molecule has 1 aliphatic rings. The highest BCUT2D eigenvalue weighted by atomic mass is 16.5. The summed E-state index contributed by atoms with van der Waals surface area (Å²) in [7, 11) is 0. The fourth-order valence-electron chi connectivity index (χ4n) is 2.41. The van der Waals surface area contributed by atoms with Crippen LogP contribution in [-0.4, -0.2) is 15.7 Å². The molecule has 5 heteroatoms.